The summed E-state index contributed by atoms with van der Waals surface area (Å²) in [6, 6.07) is 31.9. The Kier molecular flexibility index (Phi) is 10.9. The van der Waals surface area contributed by atoms with Gasteiger partial charge in [0.05, 0.1) is 0 Å². The molecule has 0 aliphatic rings. The van der Waals surface area contributed by atoms with E-state index in [0.29, 0.717) is 24.3 Å². The molecule has 4 aromatic rings. The zero-order valence-corrected chi connectivity index (χ0v) is 25.3. The van der Waals surface area contributed by atoms with E-state index in [2.05, 4.69) is 71.1 Å². The first-order valence-corrected chi connectivity index (χ1v) is 16.2. The Balaban J connectivity index is 1.71. The van der Waals surface area contributed by atoms with E-state index in [1.807, 2.05) is 55.6 Å². The number of amides is 1. The highest BCUT2D eigenvalue weighted by Gasteiger charge is 2.23. The molecule has 4 rings (SSSR count). The lowest BCUT2D eigenvalue weighted by Crippen LogP contribution is -2.41. The van der Waals surface area contributed by atoms with Crippen LogP contribution in [0.5, 0.6) is 0 Å². The standard InChI is InChI=1S/C34H36N2O3S2/c1-24-9-7-8-12-29(24)31-21-26(13-18-30(31)33(37)35-32(34(38)39)19-20-40-2)23-36(22-25-10-5-4-6-11-25)27-14-16-28(41-3)17-15-27/h4-18,21,32H,19-20,22-23H2,1-3H3,(H,35,37)(H,38,39). The van der Waals surface area contributed by atoms with Crippen molar-refractivity contribution in [3.63, 3.8) is 0 Å². The van der Waals surface area contributed by atoms with Crippen molar-refractivity contribution >= 4 is 41.1 Å². The number of aryl methyl sites for hydroxylation is 1. The molecule has 0 bridgehead atoms. The quantitative estimate of drug-likeness (QED) is 0.158. The molecule has 0 fully saturated rings. The van der Waals surface area contributed by atoms with Gasteiger partial charge in [0, 0.05) is 29.2 Å². The highest BCUT2D eigenvalue weighted by atomic mass is 32.2. The Labute approximate surface area is 251 Å². The van der Waals surface area contributed by atoms with Gasteiger partial charge >= 0.3 is 5.97 Å². The van der Waals surface area contributed by atoms with Gasteiger partial charge in [-0.25, -0.2) is 4.79 Å². The maximum Gasteiger partial charge on any atom is 0.326 e. The summed E-state index contributed by atoms with van der Waals surface area (Å²) in [5, 5.41) is 12.5. The van der Waals surface area contributed by atoms with Crippen molar-refractivity contribution in [3.05, 3.63) is 119 Å². The minimum absolute atomic E-state index is 0.365. The van der Waals surface area contributed by atoms with Crippen LogP contribution >= 0.6 is 23.5 Å². The average Bonchev–Trinajstić information content (AvgIpc) is 2.99. The molecule has 0 aliphatic heterocycles. The van der Waals surface area contributed by atoms with E-state index >= 15 is 0 Å². The first-order valence-electron chi connectivity index (χ1n) is 13.5. The highest BCUT2D eigenvalue weighted by molar-refractivity contribution is 7.98. The maximum absolute atomic E-state index is 13.5. The highest BCUT2D eigenvalue weighted by Crippen LogP contribution is 2.30. The van der Waals surface area contributed by atoms with Gasteiger partial charge in [-0.05, 0) is 95.8 Å². The van der Waals surface area contributed by atoms with E-state index in [1.165, 1.54) is 10.5 Å². The van der Waals surface area contributed by atoms with Crippen molar-refractivity contribution in [1.29, 1.82) is 0 Å². The van der Waals surface area contributed by atoms with Crippen LogP contribution in [0.2, 0.25) is 0 Å². The van der Waals surface area contributed by atoms with Crippen LogP contribution in [0.15, 0.2) is 102 Å². The third kappa shape index (κ3) is 8.18. The van der Waals surface area contributed by atoms with Crippen LogP contribution in [0.3, 0.4) is 0 Å². The van der Waals surface area contributed by atoms with Gasteiger partial charge in [-0.1, -0.05) is 60.7 Å². The van der Waals surface area contributed by atoms with E-state index in [4.69, 9.17) is 0 Å². The number of carbonyl (C=O) groups excluding carboxylic acids is 1. The molecular weight excluding hydrogens is 549 g/mol. The van der Waals surface area contributed by atoms with Crippen molar-refractivity contribution in [2.24, 2.45) is 0 Å². The molecule has 5 nitrogen and oxygen atoms in total. The molecule has 41 heavy (non-hydrogen) atoms. The first-order chi connectivity index (χ1) is 19.9. The molecule has 7 heteroatoms. The summed E-state index contributed by atoms with van der Waals surface area (Å²) in [4.78, 5) is 28.9. The number of anilines is 1. The van der Waals surface area contributed by atoms with Crippen molar-refractivity contribution in [3.8, 4) is 11.1 Å². The zero-order chi connectivity index (χ0) is 29.2. The summed E-state index contributed by atoms with van der Waals surface area (Å²) in [5.74, 6) is -0.752. The lowest BCUT2D eigenvalue weighted by atomic mass is 9.93. The zero-order valence-electron chi connectivity index (χ0n) is 23.7. The molecule has 1 atom stereocenters. The number of rotatable bonds is 13. The monoisotopic (exact) mass is 584 g/mol. The van der Waals surface area contributed by atoms with Crippen LogP contribution < -0.4 is 10.2 Å². The molecule has 0 saturated carbocycles. The molecule has 0 spiro atoms. The molecule has 0 radical (unpaired) electrons. The Hall–Kier alpha value is -3.68. The second kappa shape index (κ2) is 14.8. The lowest BCUT2D eigenvalue weighted by Gasteiger charge is -2.26. The Morgan fingerprint density at radius 2 is 1.51 bits per heavy atom. The number of aliphatic carboxylic acids is 1. The third-order valence-corrected chi connectivity index (χ3v) is 8.39. The Morgan fingerprint density at radius 3 is 2.17 bits per heavy atom. The molecule has 4 aromatic carbocycles. The maximum atomic E-state index is 13.5. The van der Waals surface area contributed by atoms with Gasteiger partial charge in [-0.3, -0.25) is 4.79 Å². The summed E-state index contributed by atoms with van der Waals surface area (Å²) in [6.45, 7) is 3.40. The van der Waals surface area contributed by atoms with Crippen molar-refractivity contribution in [2.75, 3.05) is 23.2 Å². The number of carboxylic acids is 1. The summed E-state index contributed by atoms with van der Waals surface area (Å²) in [5.41, 5.74) is 6.65. The van der Waals surface area contributed by atoms with Gasteiger partial charge in [-0.15, -0.1) is 11.8 Å². The molecule has 0 heterocycles. The number of carbonyl (C=O) groups is 2. The Bertz CT molecular complexity index is 1460. The Morgan fingerprint density at radius 1 is 0.829 bits per heavy atom. The first kappa shape index (κ1) is 30.3. The number of hydrogen-bond donors (Lipinski definition) is 2. The molecule has 0 saturated heterocycles. The van der Waals surface area contributed by atoms with Crippen LogP contribution in [0, 0.1) is 6.92 Å². The minimum Gasteiger partial charge on any atom is -0.480 e. The molecule has 0 aromatic heterocycles. The largest absolute Gasteiger partial charge is 0.480 e. The van der Waals surface area contributed by atoms with Crippen molar-refractivity contribution < 1.29 is 14.7 Å². The van der Waals surface area contributed by atoms with Crippen LogP contribution in [-0.2, 0) is 17.9 Å². The average molecular weight is 585 g/mol. The van der Waals surface area contributed by atoms with Gasteiger partial charge in [-0.2, -0.15) is 11.8 Å². The van der Waals surface area contributed by atoms with Gasteiger partial charge < -0.3 is 15.3 Å². The second-order valence-electron chi connectivity index (χ2n) is 9.88. The predicted molar refractivity (Wildman–Crippen MR) is 173 cm³/mol. The fourth-order valence-corrected chi connectivity index (χ4v) is 5.65. The fraction of sp³-hybridized carbons (Fsp3) is 0.235. The molecule has 2 N–H and O–H groups in total. The smallest absolute Gasteiger partial charge is 0.326 e. The molecule has 0 aliphatic carbocycles. The molecule has 1 unspecified atom stereocenters. The van der Waals surface area contributed by atoms with Gasteiger partial charge in [0.25, 0.3) is 5.91 Å². The summed E-state index contributed by atoms with van der Waals surface area (Å²) >= 11 is 3.28. The van der Waals surface area contributed by atoms with Gasteiger partial charge in [0.2, 0.25) is 0 Å². The van der Waals surface area contributed by atoms with E-state index in [-0.39, 0.29) is 5.91 Å². The topological polar surface area (TPSA) is 69.6 Å². The fourth-order valence-electron chi connectivity index (χ4n) is 4.77. The number of thioether (sulfide) groups is 2. The van der Waals surface area contributed by atoms with E-state index in [1.54, 1.807) is 23.5 Å². The summed E-state index contributed by atoms with van der Waals surface area (Å²) in [6.07, 6.45) is 4.36. The number of benzene rings is 4. The van der Waals surface area contributed by atoms with Crippen molar-refractivity contribution in [1.82, 2.24) is 5.32 Å². The van der Waals surface area contributed by atoms with Crippen molar-refractivity contribution in [2.45, 2.75) is 37.4 Å². The van der Waals surface area contributed by atoms with Crippen LogP contribution in [0.25, 0.3) is 11.1 Å². The second-order valence-corrected chi connectivity index (χ2v) is 11.7. The van der Waals surface area contributed by atoms with Crippen LogP contribution in [-0.4, -0.2) is 41.3 Å². The third-order valence-electron chi connectivity index (χ3n) is 7.01. The molecular formula is C34H36N2O3S2. The summed E-state index contributed by atoms with van der Waals surface area (Å²) < 4.78 is 0. The normalized spacial score (nSPS) is 11.6. The summed E-state index contributed by atoms with van der Waals surface area (Å²) in [7, 11) is 0. The van der Waals surface area contributed by atoms with Crippen LogP contribution in [0.4, 0.5) is 5.69 Å². The van der Waals surface area contributed by atoms with E-state index < -0.39 is 12.0 Å². The van der Waals surface area contributed by atoms with E-state index in [9.17, 15) is 14.7 Å². The molecule has 212 valence electrons. The van der Waals surface area contributed by atoms with Gasteiger partial charge in [0.15, 0.2) is 0 Å². The minimum atomic E-state index is -1.02. The van der Waals surface area contributed by atoms with Gasteiger partial charge in [0.1, 0.15) is 6.04 Å². The number of nitrogens with one attached hydrogen (secondary N) is 1. The SMILES string of the molecule is CSCCC(NC(=O)c1ccc(CN(Cc2ccccc2)c2ccc(SC)cc2)cc1-c1ccccc1C)C(=O)O. The molecule has 1 amide bonds. The number of hydrogen-bond acceptors (Lipinski definition) is 5. The van der Waals surface area contributed by atoms with Crippen LogP contribution in [0.1, 0.15) is 33.5 Å². The lowest BCUT2D eigenvalue weighted by molar-refractivity contribution is -0.139. The van der Waals surface area contributed by atoms with E-state index in [0.717, 1.165) is 34.5 Å². The predicted octanol–water partition coefficient (Wildman–Crippen LogP) is 7.53. The number of carboxylic acid groups (broad SMARTS) is 1. The number of nitrogens with zero attached hydrogens (tertiary/aromatic N) is 1.